The molecule has 3 rings (SSSR count). The quantitative estimate of drug-likeness (QED) is 0.660. The van der Waals surface area contributed by atoms with Gasteiger partial charge in [-0.3, -0.25) is 9.78 Å². The van der Waals surface area contributed by atoms with Crippen molar-refractivity contribution in [1.29, 1.82) is 0 Å². The van der Waals surface area contributed by atoms with Crippen molar-refractivity contribution < 1.29 is 13.9 Å². The lowest BCUT2D eigenvalue weighted by Crippen LogP contribution is -2.30. The summed E-state index contributed by atoms with van der Waals surface area (Å²) in [5, 5.41) is 3.01. The molecular formula is C22H22FN3O2. The van der Waals surface area contributed by atoms with Crippen LogP contribution in [0, 0.1) is 12.7 Å². The average Bonchev–Trinajstić information content (AvgIpc) is 2.72. The molecule has 1 atom stereocenters. The Kier molecular flexibility index (Phi) is 6.34. The largest absolute Gasteiger partial charge is 0.491 e. The van der Waals surface area contributed by atoms with Crippen LogP contribution in [0.1, 0.15) is 33.1 Å². The number of benzene rings is 2. The highest BCUT2D eigenvalue weighted by molar-refractivity contribution is 5.97. The van der Waals surface area contributed by atoms with Crippen molar-refractivity contribution >= 4 is 5.91 Å². The highest BCUT2D eigenvalue weighted by Gasteiger charge is 2.22. The van der Waals surface area contributed by atoms with E-state index < -0.39 is 17.8 Å². The van der Waals surface area contributed by atoms with Gasteiger partial charge < -0.3 is 15.8 Å². The van der Waals surface area contributed by atoms with Crippen LogP contribution in [-0.2, 0) is 0 Å². The topological polar surface area (TPSA) is 77.2 Å². The molecule has 0 spiro atoms. The van der Waals surface area contributed by atoms with E-state index in [0.717, 1.165) is 16.7 Å². The van der Waals surface area contributed by atoms with Crippen molar-refractivity contribution in [2.45, 2.75) is 13.0 Å². The first-order valence-corrected chi connectivity index (χ1v) is 8.99. The molecule has 0 aliphatic carbocycles. The Morgan fingerprint density at radius 1 is 1.18 bits per heavy atom. The van der Waals surface area contributed by atoms with Gasteiger partial charge in [-0.2, -0.15) is 0 Å². The molecule has 1 aromatic heterocycles. The summed E-state index contributed by atoms with van der Waals surface area (Å²) in [4.78, 5) is 17.1. The third-order valence-corrected chi connectivity index (χ3v) is 4.38. The number of aromatic nitrogens is 1. The molecule has 2 aromatic carbocycles. The number of pyridine rings is 1. The maximum Gasteiger partial charge on any atom is 0.255 e. The molecule has 28 heavy (non-hydrogen) atoms. The molecule has 0 saturated heterocycles. The molecule has 0 radical (unpaired) electrons. The van der Waals surface area contributed by atoms with E-state index >= 15 is 0 Å². The highest BCUT2D eigenvalue weighted by Crippen LogP contribution is 2.27. The number of carbonyl (C=O) groups is 1. The molecular weight excluding hydrogens is 357 g/mol. The molecule has 144 valence electrons. The summed E-state index contributed by atoms with van der Waals surface area (Å²) >= 11 is 0. The molecule has 0 saturated carbocycles. The third-order valence-electron chi connectivity index (χ3n) is 4.38. The predicted octanol–water partition coefficient (Wildman–Crippen LogP) is 3.39. The molecule has 0 aliphatic rings. The molecule has 3 aromatic rings. The number of carbonyl (C=O) groups excluding carboxylic acids is 1. The van der Waals surface area contributed by atoms with E-state index in [-0.39, 0.29) is 12.2 Å². The first-order chi connectivity index (χ1) is 13.6. The van der Waals surface area contributed by atoms with Crippen LogP contribution in [0.15, 0.2) is 67.0 Å². The maximum absolute atomic E-state index is 13.8. The minimum atomic E-state index is -0.512. The fourth-order valence-corrected chi connectivity index (χ4v) is 2.99. The lowest BCUT2D eigenvalue weighted by Gasteiger charge is -2.22. The van der Waals surface area contributed by atoms with Gasteiger partial charge in [0.1, 0.15) is 18.2 Å². The number of aryl methyl sites for hydroxylation is 1. The zero-order chi connectivity index (χ0) is 19.9. The number of amides is 1. The highest BCUT2D eigenvalue weighted by atomic mass is 19.1. The lowest BCUT2D eigenvalue weighted by molar-refractivity contribution is 0.0938. The zero-order valence-electron chi connectivity index (χ0n) is 15.6. The number of nitrogens with zero attached hydrogens (tertiary/aromatic N) is 1. The predicted molar refractivity (Wildman–Crippen MR) is 106 cm³/mol. The van der Waals surface area contributed by atoms with Crippen LogP contribution in [0.4, 0.5) is 4.39 Å². The summed E-state index contributed by atoms with van der Waals surface area (Å²) in [5.41, 5.74) is 8.45. The van der Waals surface area contributed by atoms with Crippen molar-refractivity contribution in [2.24, 2.45) is 5.73 Å². The number of halogens is 1. The Balaban J connectivity index is 1.97. The van der Waals surface area contributed by atoms with Gasteiger partial charge in [-0.25, -0.2) is 4.39 Å². The van der Waals surface area contributed by atoms with Gasteiger partial charge in [0.05, 0.1) is 11.6 Å². The molecule has 6 heteroatoms. The van der Waals surface area contributed by atoms with Gasteiger partial charge in [0, 0.05) is 18.9 Å². The molecule has 5 nitrogen and oxygen atoms in total. The van der Waals surface area contributed by atoms with Gasteiger partial charge in [-0.05, 0) is 53.9 Å². The van der Waals surface area contributed by atoms with E-state index in [4.69, 9.17) is 10.5 Å². The van der Waals surface area contributed by atoms with E-state index in [2.05, 4.69) is 10.3 Å². The van der Waals surface area contributed by atoms with Crippen molar-refractivity contribution in [3.63, 3.8) is 0 Å². The van der Waals surface area contributed by atoms with Crippen molar-refractivity contribution in [2.75, 3.05) is 13.2 Å². The first kappa shape index (κ1) is 19.5. The standard InChI is InChI=1S/C22H22FN3O2/c1-15-4-2-3-5-18(15)21(16-8-11-25-12-9-16)26-22(27)19-14-17(23)6-7-20(19)28-13-10-24/h2-9,11-12,14,21H,10,13,24H2,1H3,(H,26,27)/t21-/m1/s1. The maximum atomic E-state index is 13.8. The van der Waals surface area contributed by atoms with Gasteiger partial charge in [-0.1, -0.05) is 24.3 Å². The molecule has 0 fully saturated rings. The second-order valence-corrected chi connectivity index (χ2v) is 6.32. The molecule has 1 heterocycles. The number of nitrogens with two attached hydrogens (primary N) is 1. The smallest absolute Gasteiger partial charge is 0.255 e. The number of hydrogen-bond acceptors (Lipinski definition) is 4. The van der Waals surface area contributed by atoms with E-state index in [9.17, 15) is 9.18 Å². The molecule has 0 unspecified atom stereocenters. The Morgan fingerprint density at radius 2 is 1.93 bits per heavy atom. The summed E-state index contributed by atoms with van der Waals surface area (Å²) < 4.78 is 19.3. The van der Waals surface area contributed by atoms with Crippen LogP contribution in [0.2, 0.25) is 0 Å². The normalized spacial score (nSPS) is 11.7. The summed E-state index contributed by atoms with van der Waals surface area (Å²) in [5.74, 6) is -0.652. The second kappa shape index (κ2) is 9.10. The summed E-state index contributed by atoms with van der Waals surface area (Å²) in [6, 6.07) is 14.9. The second-order valence-electron chi connectivity index (χ2n) is 6.32. The lowest BCUT2D eigenvalue weighted by atomic mass is 9.95. The molecule has 3 N–H and O–H groups in total. The minimum Gasteiger partial charge on any atom is -0.491 e. The zero-order valence-corrected chi connectivity index (χ0v) is 15.6. The van der Waals surface area contributed by atoms with Gasteiger partial charge >= 0.3 is 0 Å². The summed E-state index contributed by atoms with van der Waals surface area (Å²) in [6.07, 6.45) is 3.34. The fourth-order valence-electron chi connectivity index (χ4n) is 2.99. The van der Waals surface area contributed by atoms with Gasteiger partial charge in [0.15, 0.2) is 0 Å². The van der Waals surface area contributed by atoms with E-state index in [1.54, 1.807) is 12.4 Å². The number of hydrogen-bond donors (Lipinski definition) is 2. The molecule has 0 aliphatic heterocycles. The van der Waals surface area contributed by atoms with Crippen LogP contribution in [0.3, 0.4) is 0 Å². The van der Waals surface area contributed by atoms with E-state index in [1.165, 1.54) is 18.2 Å². The Morgan fingerprint density at radius 3 is 2.64 bits per heavy atom. The molecule has 1 amide bonds. The monoisotopic (exact) mass is 379 g/mol. The number of ether oxygens (including phenoxy) is 1. The van der Waals surface area contributed by atoms with Crippen LogP contribution < -0.4 is 15.8 Å². The van der Waals surface area contributed by atoms with Gasteiger partial charge in [0.25, 0.3) is 5.91 Å². The van der Waals surface area contributed by atoms with Crippen molar-refractivity contribution in [3.8, 4) is 5.75 Å². The van der Waals surface area contributed by atoms with E-state index in [1.807, 2.05) is 43.3 Å². The van der Waals surface area contributed by atoms with Crippen molar-refractivity contribution in [3.05, 3.63) is 95.1 Å². The SMILES string of the molecule is Cc1ccccc1[C@H](NC(=O)c1cc(F)ccc1OCCN)c1ccncc1. The van der Waals surface area contributed by atoms with Crippen molar-refractivity contribution in [1.82, 2.24) is 10.3 Å². The third kappa shape index (κ3) is 4.53. The van der Waals surface area contributed by atoms with Crippen LogP contribution in [0.25, 0.3) is 0 Å². The number of nitrogens with one attached hydrogen (secondary N) is 1. The van der Waals surface area contributed by atoms with Gasteiger partial charge in [0.2, 0.25) is 0 Å². The van der Waals surface area contributed by atoms with Crippen LogP contribution in [-0.4, -0.2) is 24.0 Å². The number of rotatable bonds is 7. The van der Waals surface area contributed by atoms with Crippen LogP contribution >= 0.6 is 0 Å². The van der Waals surface area contributed by atoms with Crippen LogP contribution in [0.5, 0.6) is 5.75 Å². The van der Waals surface area contributed by atoms with E-state index in [0.29, 0.717) is 12.3 Å². The summed E-state index contributed by atoms with van der Waals surface area (Å²) in [6.45, 7) is 2.51. The molecule has 0 bridgehead atoms. The fraction of sp³-hybridized carbons (Fsp3) is 0.182. The minimum absolute atomic E-state index is 0.126. The Hall–Kier alpha value is -3.25. The Bertz CT molecular complexity index is 948. The Labute approximate surface area is 163 Å². The average molecular weight is 379 g/mol. The van der Waals surface area contributed by atoms with Gasteiger partial charge in [-0.15, -0.1) is 0 Å². The first-order valence-electron chi connectivity index (χ1n) is 8.99. The summed E-state index contributed by atoms with van der Waals surface area (Å²) in [7, 11) is 0.